The van der Waals surface area contributed by atoms with E-state index in [1.807, 2.05) is 6.07 Å². The second kappa shape index (κ2) is 7.94. The summed E-state index contributed by atoms with van der Waals surface area (Å²) in [6, 6.07) is 15.7. The lowest BCUT2D eigenvalue weighted by molar-refractivity contribution is -0.124. The number of amides is 2. The molecule has 1 unspecified atom stereocenters. The standard InChI is InChI=1S/C20H22N2O3/c23-18(14-6-2-1-3-7-14)20(25)22-17-12-10-15(11-13-17)19(24)21-16-8-4-5-9-16/h1-3,6-7,10-13,16,18,23H,4-5,8-9H2,(H,21,24)(H,22,25). The Labute approximate surface area is 147 Å². The topological polar surface area (TPSA) is 78.4 Å². The van der Waals surface area contributed by atoms with Crippen molar-refractivity contribution in [3.63, 3.8) is 0 Å². The maximum atomic E-state index is 12.2. The third kappa shape index (κ3) is 4.45. The fourth-order valence-electron chi connectivity index (χ4n) is 3.04. The monoisotopic (exact) mass is 338 g/mol. The summed E-state index contributed by atoms with van der Waals surface area (Å²) in [7, 11) is 0. The van der Waals surface area contributed by atoms with E-state index in [1.165, 1.54) is 12.8 Å². The minimum Gasteiger partial charge on any atom is -0.378 e. The average molecular weight is 338 g/mol. The van der Waals surface area contributed by atoms with Gasteiger partial charge in [0.2, 0.25) is 0 Å². The van der Waals surface area contributed by atoms with Crippen LogP contribution in [-0.4, -0.2) is 23.0 Å². The molecule has 1 saturated carbocycles. The summed E-state index contributed by atoms with van der Waals surface area (Å²) in [5.74, 6) is -0.594. The normalized spacial score (nSPS) is 15.6. The molecule has 2 amide bonds. The second-order valence-electron chi connectivity index (χ2n) is 6.33. The number of anilines is 1. The fraction of sp³-hybridized carbons (Fsp3) is 0.300. The molecular formula is C20H22N2O3. The minimum absolute atomic E-state index is 0.0888. The second-order valence-corrected chi connectivity index (χ2v) is 6.33. The highest BCUT2D eigenvalue weighted by molar-refractivity contribution is 5.97. The number of aliphatic hydroxyl groups is 1. The SMILES string of the molecule is O=C(NC1CCCC1)c1ccc(NC(=O)C(O)c2ccccc2)cc1. The number of aliphatic hydroxyl groups excluding tert-OH is 1. The number of hydrogen-bond donors (Lipinski definition) is 3. The lowest BCUT2D eigenvalue weighted by Crippen LogP contribution is -2.32. The van der Waals surface area contributed by atoms with Gasteiger partial charge >= 0.3 is 0 Å². The van der Waals surface area contributed by atoms with E-state index in [1.54, 1.807) is 48.5 Å². The van der Waals surface area contributed by atoms with Gasteiger partial charge in [0.05, 0.1) is 0 Å². The molecule has 1 aliphatic carbocycles. The largest absolute Gasteiger partial charge is 0.378 e. The van der Waals surface area contributed by atoms with Gasteiger partial charge in [-0.15, -0.1) is 0 Å². The molecule has 5 nitrogen and oxygen atoms in total. The molecule has 25 heavy (non-hydrogen) atoms. The number of hydrogen-bond acceptors (Lipinski definition) is 3. The first-order valence-corrected chi connectivity index (χ1v) is 8.58. The summed E-state index contributed by atoms with van der Waals surface area (Å²) in [4.78, 5) is 24.3. The van der Waals surface area contributed by atoms with Crippen molar-refractivity contribution in [2.75, 3.05) is 5.32 Å². The highest BCUT2D eigenvalue weighted by atomic mass is 16.3. The predicted molar refractivity (Wildman–Crippen MR) is 96.2 cm³/mol. The average Bonchev–Trinajstić information content (AvgIpc) is 3.15. The van der Waals surface area contributed by atoms with E-state index in [9.17, 15) is 14.7 Å². The quantitative estimate of drug-likeness (QED) is 0.784. The van der Waals surface area contributed by atoms with Crippen LogP contribution in [0.25, 0.3) is 0 Å². The molecule has 1 aliphatic rings. The van der Waals surface area contributed by atoms with E-state index in [-0.39, 0.29) is 11.9 Å². The van der Waals surface area contributed by atoms with Crippen molar-refractivity contribution in [2.24, 2.45) is 0 Å². The first kappa shape index (κ1) is 17.2. The van der Waals surface area contributed by atoms with Crippen LogP contribution in [0.3, 0.4) is 0 Å². The third-order valence-electron chi connectivity index (χ3n) is 4.47. The molecule has 1 fully saturated rings. The van der Waals surface area contributed by atoms with Crippen LogP contribution in [0, 0.1) is 0 Å². The minimum atomic E-state index is -1.23. The van der Waals surface area contributed by atoms with Gasteiger partial charge in [0.25, 0.3) is 11.8 Å². The van der Waals surface area contributed by atoms with E-state index < -0.39 is 12.0 Å². The molecule has 1 atom stereocenters. The number of rotatable bonds is 5. The van der Waals surface area contributed by atoms with Crippen molar-refractivity contribution in [3.8, 4) is 0 Å². The highest BCUT2D eigenvalue weighted by Crippen LogP contribution is 2.19. The van der Waals surface area contributed by atoms with Crippen molar-refractivity contribution in [3.05, 3.63) is 65.7 Å². The Bertz CT molecular complexity index is 722. The first-order chi connectivity index (χ1) is 12.1. The van der Waals surface area contributed by atoms with E-state index in [2.05, 4.69) is 10.6 Å². The van der Waals surface area contributed by atoms with Gasteiger partial charge in [-0.2, -0.15) is 0 Å². The van der Waals surface area contributed by atoms with Crippen LogP contribution in [0.2, 0.25) is 0 Å². The molecule has 2 aromatic rings. The van der Waals surface area contributed by atoms with E-state index >= 15 is 0 Å². The number of carbonyl (C=O) groups excluding carboxylic acids is 2. The Balaban J connectivity index is 1.58. The summed E-state index contributed by atoms with van der Waals surface area (Å²) in [6.45, 7) is 0. The number of benzene rings is 2. The molecule has 0 aromatic heterocycles. The van der Waals surface area contributed by atoms with Gasteiger partial charge in [-0.05, 0) is 42.7 Å². The Morgan fingerprint density at radius 2 is 1.60 bits per heavy atom. The summed E-state index contributed by atoms with van der Waals surface area (Å²) in [5, 5.41) is 15.8. The van der Waals surface area contributed by atoms with Gasteiger partial charge in [0, 0.05) is 17.3 Å². The number of nitrogens with one attached hydrogen (secondary N) is 2. The summed E-state index contributed by atoms with van der Waals surface area (Å²) in [6.07, 6.45) is 3.18. The van der Waals surface area contributed by atoms with Crippen LogP contribution in [0.5, 0.6) is 0 Å². The Morgan fingerprint density at radius 3 is 2.24 bits per heavy atom. The maximum absolute atomic E-state index is 12.2. The summed E-state index contributed by atoms with van der Waals surface area (Å²) < 4.78 is 0. The lowest BCUT2D eigenvalue weighted by Gasteiger charge is -2.13. The van der Waals surface area contributed by atoms with Gasteiger partial charge in [0.15, 0.2) is 6.10 Å². The zero-order valence-electron chi connectivity index (χ0n) is 13.9. The third-order valence-corrected chi connectivity index (χ3v) is 4.47. The van der Waals surface area contributed by atoms with Crippen LogP contribution in [-0.2, 0) is 4.79 Å². The molecule has 0 radical (unpaired) electrons. The van der Waals surface area contributed by atoms with Crippen molar-refractivity contribution < 1.29 is 14.7 Å². The van der Waals surface area contributed by atoms with Crippen LogP contribution in [0.4, 0.5) is 5.69 Å². The molecule has 3 rings (SSSR count). The molecule has 0 spiro atoms. The van der Waals surface area contributed by atoms with Crippen LogP contribution < -0.4 is 10.6 Å². The molecule has 3 N–H and O–H groups in total. The zero-order chi connectivity index (χ0) is 17.6. The Morgan fingerprint density at radius 1 is 0.960 bits per heavy atom. The van der Waals surface area contributed by atoms with Gasteiger partial charge < -0.3 is 15.7 Å². The summed E-state index contributed by atoms with van der Waals surface area (Å²) >= 11 is 0. The van der Waals surface area contributed by atoms with Crippen LogP contribution in [0.1, 0.15) is 47.7 Å². The fourth-order valence-corrected chi connectivity index (χ4v) is 3.04. The first-order valence-electron chi connectivity index (χ1n) is 8.58. The molecule has 5 heteroatoms. The summed E-state index contributed by atoms with van der Waals surface area (Å²) in [5.41, 5.74) is 1.64. The zero-order valence-corrected chi connectivity index (χ0v) is 13.9. The molecular weight excluding hydrogens is 316 g/mol. The van der Waals surface area contributed by atoms with Gasteiger partial charge in [-0.25, -0.2) is 0 Å². The van der Waals surface area contributed by atoms with Crippen molar-refractivity contribution in [1.82, 2.24) is 5.32 Å². The molecule has 0 bridgehead atoms. The van der Waals surface area contributed by atoms with Gasteiger partial charge in [-0.1, -0.05) is 43.2 Å². The molecule has 0 saturated heterocycles. The van der Waals surface area contributed by atoms with Crippen molar-refractivity contribution in [1.29, 1.82) is 0 Å². The molecule has 0 heterocycles. The molecule has 0 aliphatic heterocycles. The maximum Gasteiger partial charge on any atom is 0.257 e. The molecule has 2 aromatic carbocycles. The highest BCUT2D eigenvalue weighted by Gasteiger charge is 2.19. The van der Waals surface area contributed by atoms with Crippen LogP contribution in [0.15, 0.2) is 54.6 Å². The van der Waals surface area contributed by atoms with E-state index in [0.717, 1.165) is 12.8 Å². The van der Waals surface area contributed by atoms with Gasteiger partial charge in [0.1, 0.15) is 0 Å². The molecule has 130 valence electrons. The lowest BCUT2D eigenvalue weighted by atomic mass is 10.1. The predicted octanol–water partition coefficient (Wildman–Crippen LogP) is 3.03. The Hall–Kier alpha value is -2.66. The Kier molecular flexibility index (Phi) is 5.46. The van der Waals surface area contributed by atoms with Crippen LogP contribution >= 0.6 is 0 Å². The van der Waals surface area contributed by atoms with Gasteiger partial charge in [-0.3, -0.25) is 9.59 Å². The van der Waals surface area contributed by atoms with E-state index in [0.29, 0.717) is 16.8 Å². The smallest absolute Gasteiger partial charge is 0.257 e. The van der Waals surface area contributed by atoms with Crippen molar-refractivity contribution in [2.45, 2.75) is 37.8 Å². The van der Waals surface area contributed by atoms with Crippen molar-refractivity contribution >= 4 is 17.5 Å². The van der Waals surface area contributed by atoms with E-state index in [4.69, 9.17) is 0 Å². The number of carbonyl (C=O) groups is 2.